The lowest BCUT2D eigenvalue weighted by atomic mass is 10.1. The number of amides is 2. The second kappa shape index (κ2) is 12.0. The molecule has 35 heavy (non-hydrogen) atoms. The van der Waals surface area contributed by atoms with Crippen LogP contribution in [0.25, 0.3) is 0 Å². The van der Waals surface area contributed by atoms with Crippen LogP contribution in [0.15, 0.2) is 71.8 Å². The lowest BCUT2D eigenvalue weighted by molar-refractivity contribution is -0.120. The number of rotatable bonds is 9. The summed E-state index contributed by atoms with van der Waals surface area (Å²) in [6, 6.07) is 18.3. The molecule has 180 valence electrons. The van der Waals surface area contributed by atoms with Crippen molar-refractivity contribution in [2.75, 3.05) is 20.8 Å². The van der Waals surface area contributed by atoms with Gasteiger partial charge in [-0.2, -0.15) is 5.10 Å². The van der Waals surface area contributed by atoms with E-state index in [0.29, 0.717) is 33.9 Å². The Hall–Kier alpha value is -4.66. The highest BCUT2D eigenvalue weighted by molar-refractivity contribution is 5.96. The van der Waals surface area contributed by atoms with E-state index in [2.05, 4.69) is 15.8 Å². The van der Waals surface area contributed by atoms with E-state index in [1.807, 2.05) is 19.1 Å². The zero-order valence-corrected chi connectivity index (χ0v) is 19.5. The van der Waals surface area contributed by atoms with Gasteiger partial charge >= 0.3 is 5.97 Å². The van der Waals surface area contributed by atoms with Gasteiger partial charge in [0.1, 0.15) is 5.75 Å². The van der Waals surface area contributed by atoms with Crippen molar-refractivity contribution in [2.45, 2.75) is 6.92 Å². The summed E-state index contributed by atoms with van der Waals surface area (Å²) in [6.45, 7) is 1.71. The summed E-state index contributed by atoms with van der Waals surface area (Å²) in [5.41, 5.74) is 4.83. The van der Waals surface area contributed by atoms with Gasteiger partial charge in [0, 0.05) is 5.56 Å². The molecule has 0 aliphatic heterocycles. The van der Waals surface area contributed by atoms with Gasteiger partial charge < -0.3 is 19.5 Å². The molecule has 2 N–H and O–H groups in total. The number of nitrogens with zero attached hydrogens (tertiary/aromatic N) is 1. The third-order valence-corrected chi connectivity index (χ3v) is 4.84. The normalized spacial score (nSPS) is 10.5. The molecule has 3 rings (SSSR count). The molecule has 9 heteroatoms. The van der Waals surface area contributed by atoms with Gasteiger partial charge in [-0.15, -0.1) is 0 Å². The Morgan fingerprint density at radius 3 is 2.17 bits per heavy atom. The van der Waals surface area contributed by atoms with Crippen molar-refractivity contribution in [1.82, 2.24) is 10.7 Å². The quantitative estimate of drug-likeness (QED) is 0.213. The molecular formula is C26H25N3O6. The molecule has 0 spiro atoms. The van der Waals surface area contributed by atoms with E-state index in [-0.39, 0.29) is 12.5 Å². The van der Waals surface area contributed by atoms with Gasteiger partial charge in [-0.3, -0.25) is 9.59 Å². The van der Waals surface area contributed by atoms with E-state index in [1.54, 1.807) is 48.5 Å². The second-order valence-corrected chi connectivity index (χ2v) is 7.37. The van der Waals surface area contributed by atoms with Crippen molar-refractivity contribution in [3.05, 3.63) is 89.0 Å². The number of aryl methyl sites for hydroxylation is 1. The molecule has 0 fully saturated rings. The number of hydrogen-bond donors (Lipinski definition) is 2. The Morgan fingerprint density at radius 2 is 1.51 bits per heavy atom. The predicted octanol–water partition coefficient (Wildman–Crippen LogP) is 3.11. The summed E-state index contributed by atoms with van der Waals surface area (Å²) in [4.78, 5) is 36.4. The zero-order chi connectivity index (χ0) is 25.2. The van der Waals surface area contributed by atoms with Gasteiger partial charge in [-0.05, 0) is 67.1 Å². The molecule has 9 nitrogen and oxygen atoms in total. The van der Waals surface area contributed by atoms with Crippen molar-refractivity contribution in [3.63, 3.8) is 0 Å². The van der Waals surface area contributed by atoms with Crippen molar-refractivity contribution >= 4 is 24.0 Å². The van der Waals surface area contributed by atoms with Crippen molar-refractivity contribution < 1.29 is 28.6 Å². The van der Waals surface area contributed by atoms with E-state index < -0.39 is 11.9 Å². The van der Waals surface area contributed by atoms with Crippen molar-refractivity contribution in [2.24, 2.45) is 5.10 Å². The first-order valence-corrected chi connectivity index (χ1v) is 10.6. The lowest BCUT2D eigenvalue weighted by Gasteiger charge is -2.09. The number of hydrogen-bond acceptors (Lipinski definition) is 7. The lowest BCUT2D eigenvalue weighted by Crippen LogP contribution is -2.34. The maximum atomic E-state index is 12.4. The van der Waals surface area contributed by atoms with Crippen LogP contribution in [-0.4, -0.2) is 44.8 Å². The number of carbonyl (C=O) groups is 3. The van der Waals surface area contributed by atoms with Gasteiger partial charge in [0.25, 0.3) is 11.8 Å². The Labute approximate surface area is 202 Å². The second-order valence-electron chi connectivity index (χ2n) is 7.37. The predicted molar refractivity (Wildman–Crippen MR) is 130 cm³/mol. The van der Waals surface area contributed by atoms with E-state index >= 15 is 0 Å². The third kappa shape index (κ3) is 7.16. The molecule has 3 aromatic rings. The molecule has 0 aliphatic rings. The summed E-state index contributed by atoms with van der Waals surface area (Å²) in [5.74, 6) is -0.0969. The number of hydrazone groups is 1. The Morgan fingerprint density at radius 1 is 0.857 bits per heavy atom. The highest BCUT2D eigenvalue weighted by atomic mass is 16.5. The van der Waals surface area contributed by atoms with Crippen LogP contribution < -0.4 is 25.0 Å². The first-order chi connectivity index (χ1) is 16.9. The summed E-state index contributed by atoms with van der Waals surface area (Å²) in [5, 5.41) is 6.40. The van der Waals surface area contributed by atoms with Crippen molar-refractivity contribution in [1.29, 1.82) is 0 Å². The fourth-order valence-electron chi connectivity index (χ4n) is 2.94. The van der Waals surface area contributed by atoms with Crippen LogP contribution >= 0.6 is 0 Å². The van der Waals surface area contributed by atoms with Crippen LogP contribution in [0, 0.1) is 6.92 Å². The standard InChI is InChI=1S/C26H25N3O6/c1-17-4-8-19(9-5-17)25(31)27-16-24(30)29-28-15-18-6-11-21(12-7-18)35-26(32)20-10-13-22(33-2)23(14-20)34-3/h4-15H,16H2,1-3H3,(H,27,31)(H,29,30). The Balaban J connectivity index is 1.47. The molecule has 0 radical (unpaired) electrons. The van der Waals surface area contributed by atoms with E-state index in [4.69, 9.17) is 14.2 Å². The van der Waals surface area contributed by atoms with Gasteiger partial charge in [-0.25, -0.2) is 10.2 Å². The van der Waals surface area contributed by atoms with E-state index in [1.165, 1.54) is 26.5 Å². The van der Waals surface area contributed by atoms with Gasteiger partial charge in [0.2, 0.25) is 0 Å². The van der Waals surface area contributed by atoms with Gasteiger partial charge in [0.05, 0.1) is 32.5 Å². The minimum atomic E-state index is -0.549. The SMILES string of the molecule is COc1ccc(C(=O)Oc2ccc(C=NNC(=O)CNC(=O)c3ccc(C)cc3)cc2)cc1OC. The molecule has 0 bridgehead atoms. The molecular weight excluding hydrogens is 450 g/mol. The van der Waals surface area contributed by atoms with Crippen LogP contribution in [-0.2, 0) is 4.79 Å². The van der Waals surface area contributed by atoms with Crippen molar-refractivity contribution in [3.8, 4) is 17.2 Å². The average Bonchev–Trinajstić information content (AvgIpc) is 2.88. The van der Waals surface area contributed by atoms with Crippen LogP contribution in [0.5, 0.6) is 17.2 Å². The number of esters is 1. The van der Waals surface area contributed by atoms with E-state index in [0.717, 1.165) is 5.56 Å². The van der Waals surface area contributed by atoms with Crippen LogP contribution in [0.3, 0.4) is 0 Å². The van der Waals surface area contributed by atoms with Crippen LogP contribution in [0.4, 0.5) is 0 Å². The molecule has 3 aromatic carbocycles. The van der Waals surface area contributed by atoms with Crippen LogP contribution in [0.1, 0.15) is 31.8 Å². The maximum Gasteiger partial charge on any atom is 0.343 e. The molecule has 0 atom stereocenters. The molecule has 0 aromatic heterocycles. The fraction of sp³-hybridized carbons (Fsp3) is 0.154. The number of nitrogens with one attached hydrogen (secondary N) is 2. The molecule has 0 saturated heterocycles. The molecule has 0 heterocycles. The van der Waals surface area contributed by atoms with E-state index in [9.17, 15) is 14.4 Å². The molecule has 0 aliphatic carbocycles. The number of methoxy groups -OCH3 is 2. The first kappa shape index (κ1) is 25.0. The molecule has 2 amide bonds. The van der Waals surface area contributed by atoms with Crippen LogP contribution in [0.2, 0.25) is 0 Å². The minimum Gasteiger partial charge on any atom is -0.493 e. The summed E-state index contributed by atoms with van der Waals surface area (Å²) in [6.07, 6.45) is 1.43. The topological polar surface area (TPSA) is 115 Å². The number of benzene rings is 3. The first-order valence-electron chi connectivity index (χ1n) is 10.6. The highest BCUT2D eigenvalue weighted by Gasteiger charge is 2.13. The smallest absolute Gasteiger partial charge is 0.343 e. The third-order valence-electron chi connectivity index (χ3n) is 4.84. The van der Waals surface area contributed by atoms with Gasteiger partial charge in [-0.1, -0.05) is 17.7 Å². The Bertz CT molecular complexity index is 1220. The largest absolute Gasteiger partial charge is 0.493 e. The average molecular weight is 476 g/mol. The highest BCUT2D eigenvalue weighted by Crippen LogP contribution is 2.28. The zero-order valence-electron chi connectivity index (χ0n) is 19.5. The minimum absolute atomic E-state index is 0.213. The Kier molecular flexibility index (Phi) is 8.55. The molecule has 0 saturated carbocycles. The van der Waals surface area contributed by atoms with Gasteiger partial charge in [0.15, 0.2) is 11.5 Å². The fourth-order valence-corrected chi connectivity index (χ4v) is 2.94. The summed E-state index contributed by atoms with van der Waals surface area (Å²) in [7, 11) is 2.99. The molecule has 0 unspecified atom stereocenters. The monoisotopic (exact) mass is 475 g/mol. The maximum absolute atomic E-state index is 12.4. The summed E-state index contributed by atoms with van der Waals surface area (Å²) >= 11 is 0. The summed E-state index contributed by atoms with van der Waals surface area (Å²) < 4.78 is 15.7. The number of carbonyl (C=O) groups excluding carboxylic acids is 3. The number of ether oxygens (including phenoxy) is 3.